The summed E-state index contributed by atoms with van der Waals surface area (Å²) in [5.74, 6) is -0.434. The molecule has 1 aliphatic heterocycles. The third-order valence-electron chi connectivity index (χ3n) is 5.02. The van der Waals surface area contributed by atoms with E-state index < -0.39 is 0 Å². The molecule has 1 N–H and O–H groups in total. The van der Waals surface area contributed by atoms with Gasteiger partial charge in [-0.2, -0.15) is 10.2 Å². The van der Waals surface area contributed by atoms with Crippen molar-refractivity contribution in [2.45, 2.75) is 19.5 Å². The normalized spacial score (nSPS) is 13.7. The summed E-state index contributed by atoms with van der Waals surface area (Å²) in [7, 11) is 0. The van der Waals surface area contributed by atoms with Crippen LogP contribution in [0, 0.1) is 0 Å². The summed E-state index contributed by atoms with van der Waals surface area (Å²) in [6, 6.07) is 14.4. The summed E-state index contributed by atoms with van der Waals surface area (Å²) in [5.41, 5.74) is 2.84. The number of nitrogens with one attached hydrogen (secondary N) is 1. The molecule has 150 valence electrons. The maximum Gasteiger partial charge on any atom is 0.276 e. The van der Waals surface area contributed by atoms with Crippen molar-refractivity contribution in [2.24, 2.45) is 0 Å². The molecule has 0 saturated carbocycles. The van der Waals surface area contributed by atoms with Crippen LogP contribution in [0.25, 0.3) is 5.65 Å². The Labute approximate surface area is 171 Å². The SMILES string of the molecule is O=C(Nc1ccccc1)c1cc2n(n1)CCCN(C(=O)c1cc3ncccn3n1)C2. The van der Waals surface area contributed by atoms with Crippen LogP contribution < -0.4 is 5.32 Å². The van der Waals surface area contributed by atoms with Gasteiger partial charge in [0.15, 0.2) is 17.0 Å². The van der Waals surface area contributed by atoms with Crippen LogP contribution in [0.3, 0.4) is 0 Å². The third-order valence-corrected chi connectivity index (χ3v) is 5.02. The zero-order valence-corrected chi connectivity index (χ0v) is 16.1. The number of rotatable bonds is 3. The van der Waals surface area contributed by atoms with E-state index in [1.807, 2.05) is 30.3 Å². The molecule has 0 fully saturated rings. The number of fused-ring (bicyclic) bond motifs is 2. The van der Waals surface area contributed by atoms with Gasteiger partial charge in [-0.25, -0.2) is 9.50 Å². The zero-order valence-electron chi connectivity index (χ0n) is 16.1. The molecule has 0 spiro atoms. The molecule has 4 heterocycles. The van der Waals surface area contributed by atoms with Gasteiger partial charge < -0.3 is 10.2 Å². The van der Waals surface area contributed by atoms with E-state index in [9.17, 15) is 9.59 Å². The van der Waals surface area contributed by atoms with Gasteiger partial charge in [-0.15, -0.1) is 0 Å². The van der Waals surface area contributed by atoms with Crippen molar-refractivity contribution in [3.63, 3.8) is 0 Å². The number of benzene rings is 1. The smallest absolute Gasteiger partial charge is 0.276 e. The Bertz CT molecular complexity index is 1200. The maximum atomic E-state index is 13.0. The van der Waals surface area contributed by atoms with Crippen LogP contribution in [-0.2, 0) is 13.1 Å². The van der Waals surface area contributed by atoms with Crippen molar-refractivity contribution in [3.05, 3.63) is 78.0 Å². The van der Waals surface area contributed by atoms with Crippen LogP contribution >= 0.6 is 0 Å². The van der Waals surface area contributed by atoms with E-state index in [0.29, 0.717) is 42.4 Å². The summed E-state index contributed by atoms with van der Waals surface area (Å²) in [4.78, 5) is 31.5. The highest BCUT2D eigenvalue weighted by Crippen LogP contribution is 2.17. The number of carbonyl (C=O) groups is 2. The van der Waals surface area contributed by atoms with E-state index in [-0.39, 0.29) is 11.8 Å². The first kappa shape index (κ1) is 18.0. The van der Waals surface area contributed by atoms with Crippen molar-refractivity contribution in [2.75, 3.05) is 11.9 Å². The second kappa shape index (κ2) is 7.43. The van der Waals surface area contributed by atoms with Gasteiger partial charge in [0.25, 0.3) is 11.8 Å². The minimum Gasteiger partial charge on any atom is -0.331 e. The topological polar surface area (TPSA) is 97.4 Å². The van der Waals surface area contributed by atoms with Crippen LogP contribution in [0.4, 0.5) is 5.69 Å². The molecule has 0 radical (unpaired) electrons. The van der Waals surface area contributed by atoms with Crippen molar-refractivity contribution >= 4 is 23.1 Å². The Hall–Kier alpha value is -4.01. The number of carbonyl (C=O) groups excluding carboxylic acids is 2. The van der Waals surface area contributed by atoms with Gasteiger partial charge in [0.2, 0.25) is 0 Å². The fraction of sp³-hybridized carbons (Fsp3) is 0.190. The molecular formula is C21H19N7O2. The summed E-state index contributed by atoms with van der Waals surface area (Å²) in [5, 5.41) is 11.6. The molecule has 30 heavy (non-hydrogen) atoms. The van der Waals surface area contributed by atoms with Gasteiger partial charge in [-0.05, 0) is 30.7 Å². The van der Waals surface area contributed by atoms with E-state index in [2.05, 4.69) is 20.5 Å². The number of anilines is 1. The number of aryl methyl sites for hydroxylation is 1. The summed E-state index contributed by atoms with van der Waals surface area (Å²) >= 11 is 0. The molecule has 0 bridgehead atoms. The minimum atomic E-state index is -0.272. The monoisotopic (exact) mass is 401 g/mol. The van der Waals surface area contributed by atoms with Crippen molar-refractivity contribution < 1.29 is 9.59 Å². The highest BCUT2D eigenvalue weighted by Gasteiger charge is 2.25. The molecular weight excluding hydrogens is 382 g/mol. The molecule has 2 amide bonds. The highest BCUT2D eigenvalue weighted by atomic mass is 16.2. The van der Waals surface area contributed by atoms with E-state index >= 15 is 0 Å². The van der Waals surface area contributed by atoms with Gasteiger partial charge >= 0.3 is 0 Å². The lowest BCUT2D eigenvalue weighted by atomic mass is 10.2. The first-order valence-electron chi connectivity index (χ1n) is 9.70. The zero-order chi connectivity index (χ0) is 20.5. The van der Waals surface area contributed by atoms with Gasteiger partial charge in [0.05, 0.1) is 12.2 Å². The average molecular weight is 401 g/mol. The first-order chi connectivity index (χ1) is 14.7. The Morgan fingerprint density at radius 1 is 0.967 bits per heavy atom. The van der Waals surface area contributed by atoms with Gasteiger partial charge in [-0.1, -0.05) is 18.2 Å². The van der Waals surface area contributed by atoms with E-state index in [1.165, 1.54) is 0 Å². The molecule has 0 unspecified atom stereocenters. The lowest BCUT2D eigenvalue weighted by Gasteiger charge is -2.18. The molecule has 0 saturated heterocycles. The van der Waals surface area contributed by atoms with Gasteiger partial charge in [-0.3, -0.25) is 14.3 Å². The predicted molar refractivity (Wildman–Crippen MR) is 109 cm³/mol. The standard InChI is InChI=1S/C21H19N7O2/c29-20(23-15-6-2-1-3-7-15)17-12-16-14-26(9-5-11-27(16)24-17)21(30)18-13-19-22-8-4-10-28(19)25-18/h1-4,6-8,10,12-13H,5,9,11,14H2,(H,23,29). The molecule has 4 aromatic rings. The maximum absolute atomic E-state index is 13.0. The number of hydrogen-bond acceptors (Lipinski definition) is 5. The van der Waals surface area contributed by atoms with Crippen LogP contribution in [0.5, 0.6) is 0 Å². The Morgan fingerprint density at radius 3 is 2.67 bits per heavy atom. The molecule has 0 aliphatic carbocycles. The lowest BCUT2D eigenvalue weighted by molar-refractivity contribution is 0.0739. The second-order valence-electron chi connectivity index (χ2n) is 7.10. The Kier molecular flexibility index (Phi) is 4.47. The number of aromatic nitrogens is 5. The van der Waals surface area contributed by atoms with E-state index in [0.717, 1.165) is 12.1 Å². The average Bonchev–Trinajstić information content (AvgIpc) is 3.32. The molecule has 9 heteroatoms. The van der Waals surface area contributed by atoms with Crippen molar-refractivity contribution in [3.8, 4) is 0 Å². The molecule has 1 aromatic carbocycles. The Balaban J connectivity index is 1.35. The fourth-order valence-electron chi connectivity index (χ4n) is 3.56. The number of nitrogens with zero attached hydrogens (tertiary/aromatic N) is 6. The fourth-order valence-corrected chi connectivity index (χ4v) is 3.56. The predicted octanol–water partition coefficient (Wildman–Crippen LogP) is 2.22. The van der Waals surface area contributed by atoms with E-state index in [1.54, 1.807) is 44.7 Å². The minimum absolute atomic E-state index is 0.162. The summed E-state index contributed by atoms with van der Waals surface area (Å²) in [6.07, 6.45) is 4.16. The van der Waals surface area contributed by atoms with Crippen LogP contribution in [-0.4, -0.2) is 47.6 Å². The van der Waals surface area contributed by atoms with Gasteiger partial charge in [0, 0.05) is 37.2 Å². The van der Waals surface area contributed by atoms with Crippen LogP contribution in [0.2, 0.25) is 0 Å². The van der Waals surface area contributed by atoms with Crippen molar-refractivity contribution in [1.82, 2.24) is 29.3 Å². The Morgan fingerprint density at radius 2 is 1.83 bits per heavy atom. The molecule has 0 atom stereocenters. The number of hydrogen-bond donors (Lipinski definition) is 1. The van der Waals surface area contributed by atoms with Gasteiger partial charge in [0.1, 0.15) is 0 Å². The molecule has 5 rings (SSSR count). The van der Waals surface area contributed by atoms with Crippen LogP contribution in [0.15, 0.2) is 60.9 Å². The molecule has 1 aliphatic rings. The van der Waals surface area contributed by atoms with Crippen LogP contribution in [0.1, 0.15) is 33.1 Å². The summed E-state index contributed by atoms with van der Waals surface area (Å²) < 4.78 is 3.39. The molecule has 3 aromatic heterocycles. The van der Waals surface area contributed by atoms with Crippen molar-refractivity contribution in [1.29, 1.82) is 0 Å². The van der Waals surface area contributed by atoms with E-state index in [4.69, 9.17) is 0 Å². The quantitative estimate of drug-likeness (QED) is 0.568. The number of amides is 2. The summed E-state index contributed by atoms with van der Waals surface area (Å²) in [6.45, 7) is 1.60. The highest BCUT2D eigenvalue weighted by molar-refractivity contribution is 6.03. The lowest BCUT2D eigenvalue weighted by Crippen LogP contribution is -2.31. The second-order valence-corrected chi connectivity index (χ2v) is 7.10. The number of para-hydroxylation sites is 1. The first-order valence-corrected chi connectivity index (χ1v) is 9.70. The molecule has 9 nitrogen and oxygen atoms in total. The largest absolute Gasteiger partial charge is 0.331 e. The third kappa shape index (κ3) is 3.41.